The van der Waals surface area contributed by atoms with E-state index >= 15 is 0 Å². The lowest BCUT2D eigenvalue weighted by Gasteiger charge is -2.25. The Morgan fingerprint density at radius 3 is 1.83 bits per heavy atom. The molecule has 8 aromatic carbocycles. The summed E-state index contributed by atoms with van der Waals surface area (Å²) < 4.78 is 9.09. The molecule has 0 saturated heterocycles. The van der Waals surface area contributed by atoms with E-state index in [0.29, 0.717) is 0 Å². The number of rotatable bonds is 1. The maximum atomic E-state index is 6.53. The second-order valence-electron chi connectivity index (χ2n) is 13.6. The second kappa shape index (κ2) is 8.69. The van der Waals surface area contributed by atoms with E-state index in [1.165, 1.54) is 81.8 Å². The van der Waals surface area contributed by atoms with E-state index < -0.39 is 0 Å². The summed E-state index contributed by atoms with van der Waals surface area (Å²) in [7, 11) is 0. The molecular weight excluding hydrogens is 571 g/mol. The maximum Gasteiger partial charge on any atom is 0.137 e. The van der Waals surface area contributed by atoms with Crippen molar-refractivity contribution < 1.29 is 4.42 Å². The maximum absolute atomic E-state index is 6.53. The number of hydrogen-bond donors (Lipinski definition) is 0. The van der Waals surface area contributed by atoms with Crippen LogP contribution in [0.3, 0.4) is 0 Å². The summed E-state index contributed by atoms with van der Waals surface area (Å²) in [6, 6.07) is 51.0. The Hall–Kier alpha value is -5.86. The molecule has 2 nitrogen and oxygen atoms in total. The van der Waals surface area contributed by atoms with Gasteiger partial charge in [0.25, 0.3) is 0 Å². The van der Waals surface area contributed by atoms with Crippen LogP contribution in [-0.2, 0) is 5.41 Å². The molecular formula is C45H29NO. The lowest BCUT2D eigenvalue weighted by Crippen LogP contribution is -2.16. The highest BCUT2D eigenvalue weighted by Crippen LogP contribution is 2.59. The van der Waals surface area contributed by atoms with E-state index in [1.807, 2.05) is 0 Å². The number of furan rings is 1. The molecule has 0 aliphatic heterocycles. The fraction of sp³-hybridized carbons (Fsp3) is 0.0667. The van der Waals surface area contributed by atoms with Crippen molar-refractivity contribution in [2.75, 3.05) is 0 Å². The van der Waals surface area contributed by atoms with Gasteiger partial charge in [0.2, 0.25) is 0 Å². The van der Waals surface area contributed by atoms with Crippen molar-refractivity contribution in [2.24, 2.45) is 0 Å². The average molecular weight is 600 g/mol. The monoisotopic (exact) mass is 599 g/mol. The molecule has 10 aromatic rings. The standard InChI is InChI=1S/C45H29NO/c1-45(2)34-22-12-10-20-31(34)40-38-29-18-8-6-16-27(29)28-17-7-9-19-30(28)39(38)41-33-24-25-36-37(32-21-11-13-23-35(32)47-36)43(33)46(44(41)42(40)45)26-14-4-3-5-15-26/h3-25H,1-2H3. The molecule has 2 heterocycles. The third-order valence-electron chi connectivity index (χ3n) is 10.9. The van der Waals surface area contributed by atoms with Gasteiger partial charge in [-0.15, -0.1) is 0 Å². The highest BCUT2D eigenvalue weighted by atomic mass is 16.3. The largest absolute Gasteiger partial charge is 0.456 e. The number of nitrogens with zero attached hydrogens (tertiary/aromatic N) is 1. The normalized spacial score (nSPS) is 13.9. The van der Waals surface area contributed by atoms with Gasteiger partial charge >= 0.3 is 0 Å². The van der Waals surface area contributed by atoms with E-state index in [1.54, 1.807) is 0 Å². The van der Waals surface area contributed by atoms with Crippen molar-refractivity contribution in [3.8, 4) is 16.8 Å². The van der Waals surface area contributed by atoms with Gasteiger partial charge in [-0.25, -0.2) is 0 Å². The summed E-state index contributed by atoms with van der Waals surface area (Å²) in [5, 5.41) is 12.7. The number of hydrogen-bond acceptors (Lipinski definition) is 1. The molecule has 0 N–H and O–H groups in total. The van der Waals surface area contributed by atoms with Crippen molar-refractivity contribution in [1.82, 2.24) is 4.57 Å². The number of para-hydroxylation sites is 2. The van der Waals surface area contributed by atoms with Gasteiger partial charge in [0.1, 0.15) is 11.2 Å². The van der Waals surface area contributed by atoms with Gasteiger partial charge < -0.3 is 8.98 Å². The lowest BCUT2D eigenvalue weighted by atomic mass is 9.79. The van der Waals surface area contributed by atoms with Gasteiger partial charge in [-0.05, 0) is 79.5 Å². The third-order valence-corrected chi connectivity index (χ3v) is 10.9. The molecule has 0 saturated carbocycles. The topological polar surface area (TPSA) is 18.1 Å². The van der Waals surface area contributed by atoms with E-state index in [4.69, 9.17) is 4.42 Å². The van der Waals surface area contributed by atoms with Crippen molar-refractivity contribution in [3.63, 3.8) is 0 Å². The lowest BCUT2D eigenvalue weighted by molar-refractivity contribution is 0.664. The number of fused-ring (bicyclic) bond motifs is 19. The molecule has 0 fully saturated rings. The van der Waals surface area contributed by atoms with Crippen molar-refractivity contribution in [3.05, 3.63) is 151 Å². The van der Waals surface area contributed by atoms with Gasteiger partial charge in [0.15, 0.2) is 0 Å². The zero-order valence-electron chi connectivity index (χ0n) is 26.1. The molecule has 0 unspecified atom stereocenters. The molecule has 0 atom stereocenters. The zero-order valence-corrected chi connectivity index (χ0v) is 26.1. The van der Waals surface area contributed by atoms with Crippen LogP contribution in [0.25, 0.3) is 92.9 Å². The number of benzene rings is 8. The predicted molar refractivity (Wildman–Crippen MR) is 198 cm³/mol. The van der Waals surface area contributed by atoms with Gasteiger partial charge in [-0.3, -0.25) is 0 Å². The van der Waals surface area contributed by atoms with Crippen LogP contribution >= 0.6 is 0 Å². The quantitative estimate of drug-likeness (QED) is 0.172. The number of aromatic nitrogens is 1. The Bertz CT molecular complexity index is 2970. The summed E-state index contributed by atoms with van der Waals surface area (Å²) in [5.74, 6) is 0. The van der Waals surface area contributed by atoms with Crippen LogP contribution in [0.2, 0.25) is 0 Å². The first-order chi connectivity index (χ1) is 23.1. The van der Waals surface area contributed by atoms with Gasteiger partial charge in [0.05, 0.1) is 16.4 Å². The van der Waals surface area contributed by atoms with Gasteiger partial charge in [-0.1, -0.05) is 123 Å². The highest BCUT2D eigenvalue weighted by Gasteiger charge is 2.41. The van der Waals surface area contributed by atoms with Crippen LogP contribution in [0.1, 0.15) is 25.0 Å². The van der Waals surface area contributed by atoms with Crippen LogP contribution in [-0.4, -0.2) is 4.57 Å². The van der Waals surface area contributed by atoms with Gasteiger partial charge in [0, 0.05) is 32.6 Å². The first-order valence-electron chi connectivity index (χ1n) is 16.5. The van der Waals surface area contributed by atoms with Crippen LogP contribution in [0.15, 0.2) is 144 Å². The first kappa shape index (κ1) is 25.3. The highest BCUT2D eigenvalue weighted by molar-refractivity contribution is 6.41. The molecule has 0 bridgehead atoms. The molecule has 1 aliphatic carbocycles. The SMILES string of the molecule is CC1(C)c2ccccc2-c2c1c1c(c3ccc4oc5ccccc5c4c3n1-c1ccccc1)c1c3ccccc3c3ccccc3c21. The predicted octanol–water partition coefficient (Wildman–Crippen LogP) is 12.4. The Morgan fingerprint density at radius 1 is 0.447 bits per heavy atom. The van der Waals surface area contributed by atoms with E-state index in [-0.39, 0.29) is 5.41 Å². The Labute approximate surface area is 271 Å². The van der Waals surface area contributed by atoms with Crippen LogP contribution in [0.5, 0.6) is 0 Å². The Morgan fingerprint density at radius 2 is 1.06 bits per heavy atom. The van der Waals surface area contributed by atoms with Crippen LogP contribution in [0.4, 0.5) is 0 Å². The molecule has 1 aliphatic rings. The average Bonchev–Trinajstić information content (AvgIpc) is 3.74. The van der Waals surface area contributed by atoms with Crippen molar-refractivity contribution in [1.29, 1.82) is 0 Å². The summed E-state index contributed by atoms with van der Waals surface area (Å²) in [6.07, 6.45) is 0. The van der Waals surface area contributed by atoms with Crippen LogP contribution < -0.4 is 0 Å². The molecule has 0 spiro atoms. The summed E-state index contributed by atoms with van der Waals surface area (Å²) in [6.45, 7) is 4.84. The minimum Gasteiger partial charge on any atom is -0.456 e. The fourth-order valence-electron chi connectivity index (χ4n) is 9.07. The van der Waals surface area contributed by atoms with E-state index in [0.717, 1.165) is 22.2 Å². The molecule has 2 heteroatoms. The smallest absolute Gasteiger partial charge is 0.137 e. The first-order valence-corrected chi connectivity index (χ1v) is 16.5. The van der Waals surface area contributed by atoms with Crippen molar-refractivity contribution >= 4 is 76.1 Å². The molecule has 220 valence electrons. The van der Waals surface area contributed by atoms with Crippen molar-refractivity contribution in [2.45, 2.75) is 19.3 Å². The summed E-state index contributed by atoms with van der Waals surface area (Å²) >= 11 is 0. The molecule has 2 aromatic heterocycles. The van der Waals surface area contributed by atoms with Crippen LogP contribution in [0, 0.1) is 0 Å². The summed E-state index contributed by atoms with van der Waals surface area (Å²) in [4.78, 5) is 0. The fourth-order valence-corrected chi connectivity index (χ4v) is 9.07. The Kier molecular flexibility index (Phi) is 4.68. The molecule has 0 radical (unpaired) electrons. The third kappa shape index (κ3) is 3.02. The minimum absolute atomic E-state index is 0.233. The molecule has 0 amide bonds. The van der Waals surface area contributed by atoms with E-state index in [9.17, 15) is 0 Å². The Balaban J connectivity index is 1.57. The van der Waals surface area contributed by atoms with E-state index in [2.05, 4.69) is 158 Å². The second-order valence-corrected chi connectivity index (χ2v) is 13.6. The zero-order chi connectivity index (χ0) is 31.0. The van der Waals surface area contributed by atoms with Gasteiger partial charge in [-0.2, -0.15) is 0 Å². The molecule has 11 rings (SSSR count). The summed E-state index contributed by atoms with van der Waals surface area (Å²) in [5.41, 5.74) is 10.7. The minimum atomic E-state index is -0.233. The molecule has 47 heavy (non-hydrogen) atoms.